The first-order chi connectivity index (χ1) is 15.0. The number of carbonyl (C=O) groups is 2. The quantitative estimate of drug-likeness (QED) is 0.612. The van der Waals surface area contributed by atoms with Crippen LogP contribution in [0, 0.1) is 0 Å². The number of hydrogen-bond acceptors (Lipinski definition) is 7. The van der Waals surface area contributed by atoms with Crippen LogP contribution in [0.5, 0.6) is 5.75 Å². The molecule has 2 heterocycles. The van der Waals surface area contributed by atoms with E-state index < -0.39 is 5.97 Å². The van der Waals surface area contributed by atoms with Gasteiger partial charge in [-0.15, -0.1) is 0 Å². The van der Waals surface area contributed by atoms with Crippen LogP contribution in [0.15, 0.2) is 57.9 Å². The van der Waals surface area contributed by atoms with E-state index in [1.165, 1.54) is 19.2 Å². The maximum absolute atomic E-state index is 12.9. The molecule has 31 heavy (non-hydrogen) atoms. The van der Waals surface area contributed by atoms with Crippen molar-refractivity contribution in [1.29, 1.82) is 0 Å². The number of hydrogen-bond donors (Lipinski definition) is 2. The topological polar surface area (TPSA) is 110 Å². The van der Waals surface area contributed by atoms with Crippen LogP contribution in [0.25, 0.3) is 11.0 Å². The van der Waals surface area contributed by atoms with E-state index >= 15 is 0 Å². The van der Waals surface area contributed by atoms with E-state index in [-0.39, 0.29) is 28.9 Å². The molecule has 2 N–H and O–H groups in total. The van der Waals surface area contributed by atoms with Crippen molar-refractivity contribution in [2.75, 3.05) is 20.3 Å². The van der Waals surface area contributed by atoms with E-state index in [2.05, 4.69) is 10.3 Å². The first-order valence-electron chi connectivity index (χ1n) is 9.93. The monoisotopic (exact) mass is 422 g/mol. The third kappa shape index (κ3) is 4.75. The second kappa shape index (κ2) is 9.01. The number of nitrogens with one attached hydrogen (secondary N) is 1. The standard InChI is InChI=1S/C23H22N2O6/c1-29-23(28)15-4-2-5-16(10-15)25-22-19(21(27)24-13-18-6-3-9-30-18)11-14-7-8-17(26)12-20(14)31-22/h2,4-5,7-8,10-12,18,26H,3,6,9,13H2,1H3,(H,24,27). The number of fused-ring (bicyclic) bond motifs is 1. The van der Waals surface area contributed by atoms with Crippen molar-refractivity contribution in [2.45, 2.75) is 18.9 Å². The van der Waals surface area contributed by atoms with Crippen LogP contribution in [0.2, 0.25) is 0 Å². The molecule has 0 spiro atoms. The zero-order valence-electron chi connectivity index (χ0n) is 17.0. The number of aromatic hydroxyl groups is 1. The van der Waals surface area contributed by atoms with Gasteiger partial charge in [0.2, 0.25) is 5.55 Å². The van der Waals surface area contributed by atoms with Gasteiger partial charge in [0.1, 0.15) is 16.9 Å². The van der Waals surface area contributed by atoms with Gasteiger partial charge in [0, 0.05) is 24.6 Å². The predicted molar refractivity (Wildman–Crippen MR) is 112 cm³/mol. The van der Waals surface area contributed by atoms with E-state index in [4.69, 9.17) is 13.9 Å². The summed E-state index contributed by atoms with van der Waals surface area (Å²) >= 11 is 0. The van der Waals surface area contributed by atoms with E-state index in [1.807, 2.05) is 0 Å². The van der Waals surface area contributed by atoms with Crippen molar-refractivity contribution in [3.63, 3.8) is 0 Å². The Morgan fingerprint density at radius 2 is 2.10 bits per heavy atom. The largest absolute Gasteiger partial charge is 0.508 e. The first kappa shape index (κ1) is 20.6. The van der Waals surface area contributed by atoms with Crippen LogP contribution in [-0.4, -0.2) is 43.3 Å². The number of rotatable bonds is 5. The highest BCUT2D eigenvalue weighted by molar-refractivity contribution is 5.96. The molecular formula is C23H22N2O6. The minimum atomic E-state index is -0.494. The number of phenols is 1. The minimum absolute atomic E-state index is 0.00424. The number of methoxy groups -OCH3 is 1. The van der Waals surface area contributed by atoms with Crippen molar-refractivity contribution >= 4 is 28.5 Å². The van der Waals surface area contributed by atoms with Crippen LogP contribution >= 0.6 is 0 Å². The Labute approximate surface area is 178 Å². The summed E-state index contributed by atoms with van der Waals surface area (Å²) in [7, 11) is 1.30. The summed E-state index contributed by atoms with van der Waals surface area (Å²) in [5.41, 5.74) is 1.41. The smallest absolute Gasteiger partial charge is 0.337 e. The number of carbonyl (C=O) groups excluding carboxylic acids is 2. The normalized spacial score (nSPS) is 16.4. The van der Waals surface area contributed by atoms with Gasteiger partial charge in [-0.1, -0.05) is 6.07 Å². The molecule has 1 aromatic heterocycles. The highest BCUT2D eigenvalue weighted by Gasteiger charge is 2.19. The molecule has 8 nitrogen and oxygen atoms in total. The molecule has 1 fully saturated rings. The van der Waals surface area contributed by atoms with Crippen LogP contribution < -0.4 is 10.9 Å². The van der Waals surface area contributed by atoms with Crippen LogP contribution in [0.3, 0.4) is 0 Å². The molecule has 3 aromatic rings. The molecule has 1 amide bonds. The lowest BCUT2D eigenvalue weighted by molar-refractivity contribution is 0.0600. The SMILES string of the molecule is COC(=O)c1cccc(N=c2oc3cc(O)ccc3cc2C(=O)NCC2CCCO2)c1. The van der Waals surface area contributed by atoms with Crippen molar-refractivity contribution in [1.82, 2.24) is 5.32 Å². The molecule has 4 rings (SSSR count). The molecule has 0 radical (unpaired) electrons. The summed E-state index contributed by atoms with van der Waals surface area (Å²) in [6.07, 6.45) is 1.88. The Morgan fingerprint density at radius 1 is 1.23 bits per heavy atom. The fourth-order valence-electron chi connectivity index (χ4n) is 3.40. The number of ether oxygens (including phenoxy) is 2. The first-order valence-corrected chi connectivity index (χ1v) is 9.93. The van der Waals surface area contributed by atoms with Gasteiger partial charge in [0.25, 0.3) is 5.91 Å². The van der Waals surface area contributed by atoms with Crippen LogP contribution in [0.4, 0.5) is 5.69 Å². The number of phenolic OH excluding ortho intramolecular Hbond substituents is 1. The number of amides is 1. The molecule has 8 heteroatoms. The Bertz CT molecular complexity index is 1190. The van der Waals surface area contributed by atoms with Gasteiger partial charge in [0.15, 0.2) is 0 Å². The van der Waals surface area contributed by atoms with Crippen LogP contribution in [-0.2, 0) is 9.47 Å². The summed E-state index contributed by atoms with van der Waals surface area (Å²) < 4.78 is 16.2. The molecule has 1 aliphatic rings. The molecule has 1 atom stereocenters. The Morgan fingerprint density at radius 3 is 2.87 bits per heavy atom. The summed E-state index contributed by atoms with van der Waals surface area (Å²) in [5, 5.41) is 13.3. The average Bonchev–Trinajstić information content (AvgIpc) is 3.30. The molecule has 1 saturated heterocycles. The fraction of sp³-hybridized carbons (Fsp3) is 0.261. The highest BCUT2D eigenvalue weighted by Crippen LogP contribution is 2.21. The molecular weight excluding hydrogens is 400 g/mol. The summed E-state index contributed by atoms with van der Waals surface area (Å²) in [6.45, 7) is 1.09. The van der Waals surface area contributed by atoms with Crippen LogP contribution in [0.1, 0.15) is 33.6 Å². The summed E-state index contributed by atoms with van der Waals surface area (Å²) in [6, 6.07) is 12.8. The Kier molecular flexibility index (Phi) is 5.99. The fourth-order valence-corrected chi connectivity index (χ4v) is 3.40. The van der Waals surface area contributed by atoms with Crippen molar-refractivity contribution in [3.8, 4) is 5.75 Å². The molecule has 1 aliphatic heterocycles. The lowest BCUT2D eigenvalue weighted by Crippen LogP contribution is -2.34. The van der Waals surface area contributed by atoms with Crippen molar-refractivity contribution < 1.29 is 28.6 Å². The third-order valence-electron chi connectivity index (χ3n) is 4.99. The molecule has 1 unspecified atom stereocenters. The molecule has 0 aliphatic carbocycles. The highest BCUT2D eigenvalue weighted by atomic mass is 16.5. The maximum atomic E-state index is 12.9. The lowest BCUT2D eigenvalue weighted by atomic mass is 10.1. The second-order valence-corrected chi connectivity index (χ2v) is 7.19. The van der Waals surface area contributed by atoms with Crippen molar-refractivity contribution in [3.05, 3.63) is 65.2 Å². The van der Waals surface area contributed by atoms with E-state index in [9.17, 15) is 14.7 Å². The predicted octanol–water partition coefficient (Wildman–Crippen LogP) is 3.07. The van der Waals surface area contributed by atoms with E-state index in [0.717, 1.165) is 12.8 Å². The number of esters is 1. The number of nitrogens with zero attached hydrogens (tertiary/aromatic N) is 1. The summed E-state index contributed by atoms with van der Waals surface area (Å²) in [4.78, 5) is 29.2. The van der Waals surface area contributed by atoms with Crippen molar-refractivity contribution in [2.24, 2.45) is 4.99 Å². The molecule has 0 bridgehead atoms. The zero-order chi connectivity index (χ0) is 21.8. The molecule has 2 aromatic carbocycles. The van der Waals surface area contributed by atoms with Gasteiger partial charge in [-0.3, -0.25) is 4.79 Å². The van der Waals surface area contributed by atoms with Gasteiger partial charge in [-0.25, -0.2) is 9.79 Å². The molecule has 0 saturated carbocycles. The van der Waals surface area contributed by atoms with E-state index in [1.54, 1.807) is 36.4 Å². The lowest BCUT2D eigenvalue weighted by Gasteiger charge is -2.11. The average molecular weight is 422 g/mol. The minimum Gasteiger partial charge on any atom is -0.508 e. The number of benzene rings is 2. The van der Waals surface area contributed by atoms with Gasteiger partial charge in [-0.2, -0.15) is 0 Å². The third-order valence-corrected chi connectivity index (χ3v) is 4.99. The van der Waals surface area contributed by atoms with Gasteiger partial charge < -0.3 is 24.3 Å². The molecule has 160 valence electrons. The maximum Gasteiger partial charge on any atom is 0.337 e. The Hall–Kier alpha value is -3.65. The van der Waals surface area contributed by atoms with E-state index in [0.29, 0.717) is 35.4 Å². The van der Waals surface area contributed by atoms with Gasteiger partial charge >= 0.3 is 5.97 Å². The van der Waals surface area contributed by atoms with Gasteiger partial charge in [-0.05, 0) is 49.2 Å². The summed E-state index contributed by atoms with van der Waals surface area (Å²) in [5.74, 6) is -0.811. The van der Waals surface area contributed by atoms with Gasteiger partial charge in [0.05, 0.1) is 24.5 Å². The zero-order valence-corrected chi connectivity index (χ0v) is 17.0. The second-order valence-electron chi connectivity index (χ2n) is 7.19. The Balaban J connectivity index is 1.76.